The minimum Gasteiger partial charge on any atom is -0.255 e. The highest BCUT2D eigenvalue weighted by Crippen LogP contribution is 2.21. The van der Waals surface area contributed by atoms with E-state index in [1.807, 2.05) is 24.3 Å². The molecule has 0 aliphatic rings. The number of benzene rings is 1. The molecule has 2 aromatic rings. The van der Waals surface area contributed by atoms with Gasteiger partial charge in [0, 0.05) is 15.2 Å². The molecule has 0 radical (unpaired) electrons. The molecule has 0 unspecified atom stereocenters. The first kappa shape index (κ1) is 8.45. The number of halogens is 1. The molecule has 0 aliphatic carbocycles. The van der Waals surface area contributed by atoms with Gasteiger partial charge in [0.2, 0.25) is 0 Å². The van der Waals surface area contributed by atoms with Gasteiger partial charge in [0.25, 0.3) is 0 Å². The molecule has 13 heavy (non-hydrogen) atoms. The van der Waals surface area contributed by atoms with Crippen molar-refractivity contribution in [3.63, 3.8) is 0 Å². The molecular weight excluding hydrogens is 275 g/mol. The van der Waals surface area contributed by atoms with Gasteiger partial charge in [0.05, 0.1) is 11.1 Å². The molecule has 1 aromatic carbocycles. The van der Waals surface area contributed by atoms with E-state index >= 15 is 0 Å². The largest absolute Gasteiger partial charge is 0.255 e. The van der Waals surface area contributed by atoms with Crippen molar-refractivity contribution in [3.05, 3.63) is 39.6 Å². The van der Waals surface area contributed by atoms with Crippen LogP contribution in [0.3, 0.4) is 0 Å². The summed E-state index contributed by atoms with van der Waals surface area (Å²) in [6.07, 6.45) is 1.62. The van der Waals surface area contributed by atoms with E-state index in [1.54, 1.807) is 6.20 Å². The van der Waals surface area contributed by atoms with Crippen molar-refractivity contribution in [2.24, 2.45) is 0 Å². The summed E-state index contributed by atoms with van der Waals surface area (Å²) in [5.41, 5.74) is 1.57. The molecule has 0 N–H and O–H groups in total. The lowest BCUT2D eigenvalue weighted by Crippen LogP contribution is -1.87. The van der Waals surface area contributed by atoms with Crippen molar-refractivity contribution in [3.8, 4) is 6.07 Å². The number of nitrogens with zero attached hydrogens (tertiary/aromatic N) is 2. The van der Waals surface area contributed by atoms with E-state index in [9.17, 15) is 0 Å². The summed E-state index contributed by atoms with van der Waals surface area (Å²) in [5, 5.41) is 9.83. The normalized spacial score (nSPS) is 9.85. The zero-order valence-electron chi connectivity index (χ0n) is 6.66. The SMILES string of the molecule is N#Cc1cnc2ccccc2c1I. The van der Waals surface area contributed by atoms with Crippen LogP contribution >= 0.6 is 22.6 Å². The standard InChI is InChI=1S/C10H5IN2/c11-10-7(5-12)6-13-9-4-2-1-3-8(9)10/h1-4,6H. The second kappa shape index (κ2) is 3.30. The van der Waals surface area contributed by atoms with Gasteiger partial charge in [-0.1, -0.05) is 18.2 Å². The molecule has 3 heteroatoms. The average molecular weight is 280 g/mol. The third-order valence-corrected chi connectivity index (χ3v) is 2.99. The van der Waals surface area contributed by atoms with Gasteiger partial charge in [-0.3, -0.25) is 4.98 Å². The third kappa shape index (κ3) is 1.38. The van der Waals surface area contributed by atoms with Crippen molar-refractivity contribution in [2.45, 2.75) is 0 Å². The van der Waals surface area contributed by atoms with E-state index in [-0.39, 0.29) is 0 Å². The van der Waals surface area contributed by atoms with Gasteiger partial charge in [-0.2, -0.15) is 5.26 Å². The molecule has 0 aliphatic heterocycles. The second-order valence-corrected chi connectivity index (χ2v) is 3.69. The van der Waals surface area contributed by atoms with Crippen LogP contribution in [-0.2, 0) is 0 Å². The molecule has 2 nitrogen and oxygen atoms in total. The van der Waals surface area contributed by atoms with Crippen LogP contribution in [0.4, 0.5) is 0 Å². The lowest BCUT2D eigenvalue weighted by Gasteiger charge is -2.00. The Bertz CT molecular complexity index is 500. The second-order valence-electron chi connectivity index (χ2n) is 2.61. The van der Waals surface area contributed by atoms with Crippen LogP contribution in [0.25, 0.3) is 10.9 Å². The first-order chi connectivity index (χ1) is 6.33. The zero-order valence-corrected chi connectivity index (χ0v) is 8.82. The van der Waals surface area contributed by atoms with Crippen molar-refractivity contribution in [1.29, 1.82) is 5.26 Å². The highest BCUT2D eigenvalue weighted by Gasteiger charge is 2.03. The summed E-state index contributed by atoms with van der Waals surface area (Å²) in [6.45, 7) is 0. The lowest BCUT2D eigenvalue weighted by atomic mass is 10.2. The number of aromatic nitrogens is 1. The predicted octanol–water partition coefficient (Wildman–Crippen LogP) is 2.71. The Hall–Kier alpha value is -1.15. The van der Waals surface area contributed by atoms with E-state index in [4.69, 9.17) is 5.26 Å². The molecule has 0 amide bonds. The van der Waals surface area contributed by atoms with Gasteiger partial charge in [-0.15, -0.1) is 0 Å². The van der Waals surface area contributed by atoms with Gasteiger partial charge < -0.3 is 0 Å². The van der Waals surface area contributed by atoms with E-state index < -0.39 is 0 Å². The van der Waals surface area contributed by atoms with Crippen LogP contribution < -0.4 is 0 Å². The van der Waals surface area contributed by atoms with Gasteiger partial charge in [-0.05, 0) is 28.7 Å². The third-order valence-electron chi connectivity index (χ3n) is 1.83. The molecule has 2 rings (SSSR count). The molecule has 0 saturated heterocycles. The first-order valence-electron chi connectivity index (χ1n) is 3.76. The molecule has 1 aromatic heterocycles. The van der Waals surface area contributed by atoms with Crippen LogP contribution in [0.2, 0.25) is 0 Å². The molecule has 0 atom stereocenters. The molecule has 0 fully saturated rings. The number of fused-ring (bicyclic) bond motifs is 1. The van der Waals surface area contributed by atoms with Gasteiger partial charge in [0.1, 0.15) is 6.07 Å². The highest BCUT2D eigenvalue weighted by atomic mass is 127. The summed E-state index contributed by atoms with van der Waals surface area (Å²) in [4.78, 5) is 4.19. The van der Waals surface area contributed by atoms with E-state index in [2.05, 4.69) is 33.6 Å². The highest BCUT2D eigenvalue weighted by molar-refractivity contribution is 14.1. The van der Waals surface area contributed by atoms with Crippen molar-refractivity contribution >= 4 is 33.5 Å². The number of rotatable bonds is 0. The minimum absolute atomic E-state index is 0.638. The van der Waals surface area contributed by atoms with Crippen LogP contribution in [0, 0.1) is 14.9 Å². The Kier molecular flexibility index (Phi) is 2.15. The van der Waals surface area contributed by atoms with Crippen LogP contribution in [0.15, 0.2) is 30.5 Å². The number of hydrogen-bond acceptors (Lipinski definition) is 2. The van der Waals surface area contributed by atoms with E-state index in [1.165, 1.54) is 0 Å². The van der Waals surface area contributed by atoms with Gasteiger partial charge >= 0.3 is 0 Å². The van der Waals surface area contributed by atoms with Crippen LogP contribution in [-0.4, -0.2) is 4.98 Å². The topological polar surface area (TPSA) is 36.7 Å². The maximum atomic E-state index is 8.78. The molecule has 0 spiro atoms. The Morgan fingerprint density at radius 3 is 2.85 bits per heavy atom. The zero-order chi connectivity index (χ0) is 9.26. The maximum absolute atomic E-state index is 8.78. The van der Waals surface area contributed by atoms with E-state index in [0.717, 1.165) is 14.5 Å². The Morgan fingerprint density at radius 2 is 2.08 bits per heavy atom. The number of hydrogen-bond donors (Lipinski definition) is 0. The molecule has 0 bridgehead atoms. The Morgan fingerprint density at radius 1 is 1.31 bits per heavy atom. The summed E-state index contributed by atoms with van der Waals surface area (Å²) in [7, 11) is 0. The summed E-state index contributed by atoms with van der Waals surface area (Å²) >= 11 is 2.18. The Balaban J connectivity index is 2.89. The fourth-order valence-electron chi connectivity index (χ4n) is 1.19. The number of pyridine rings is 1. The Labute approximate surface area is 89.4 Å². The smallest absolute Gasteiger partial charge is 0.102 e. The average Bonchev–Trinajstić information content (AvgIpc) is 2.19. The predicted molar refractivity (Wildman–Crippen MR) is 59.2 cm³/mol. The summed E-state index contributed by atoms with van der Waals surface area (Å²) in [6, 6.07) is 9.93. The first-order valence-corrected chi connectivity index (χ1v) is 4.84. The molecule has 1 heterocycles. The van der Waals surface area contributed by atoms with Crippen molar-refractivity contribution in [1.82, 2.24) is 4.98 Å². The number of nitriles is 1. The van der Waals surface area contributed by atoms with E-state index in [0.29, 0.717) is 5.56 Å². The fraction of sp³-hybridized carbons (Fsp3) is 0. The summed E-state index contributed by atoms with van der Waals surface area (Å²) in [5.74, 6) is 0. The molecule has 62 valence electrons. The van der Waals surface area contributed by atoms with Crippen LogP contribution in [0.5, 0.6) is 0 Å². The van der Waals surface area contributed by atoms with Crippen LogP contribution in [0.1, 0.15) is 5.56 Å². The maximum Gasteiger partial charge on any atom is 0.102 e. The fourth-order valence-corrected chi connectivity index (χ4v) is 1.90. The number of para-hydroxylation sites is 1. The van der Waals surface area contributed by atoms with Gasteiger partial charge in [-0.25, -0.2) is 0 Å². The van der Waals surface area contributed by atoms with Gasteiger partial charge in [0.15, 0.2) is 0 Å². The quantitative estimate of drug-likeness (QED) is 0.696. The molecule has 0 saturated carbocycles. The monoisotopic (exact) mass is 280 g/mol. The minimum atomic E-state index is 0.638. The summed E-state index contributed by atoms with van der Waals surface area (Å²) < 4.78 is 0.978. The molecular formula is C10H5IN2. The van der Waals surface area contributed by atoms with Crippen molar-refractivity contribution < 1.29 is 0 Å². The lowest BCUT2D eigenvalue weighted by molar-refractivity contribution is 1.36. The van der Waals surface area contributed by atoms with Crippen molar-refractivity contribution in [2.75, 3.05) is 0 Å².